The molecule has 4 rings (SSSR count). The Kier molecular flexibility index (Phi) is 4.64. The highest BCUT2D eigenvalue weighted by Crippen LogP contribution is 2.33. The van der Waals surface area contributed by atoms with Crippen molar-refractivity contribution in [3.05, 3.63) is 11.7 Å². The van der Waals surface area contributed by atoms with Crippen molar-refractivity contribution >= 4 is 0 Å². The zero-order valence-electron chi connectivity index (χ0n) is 13.9. The largest absolute Gasteiger partial charge is 0.390 e. The van der Waals surface area contributed by atoms with Crippen molar-refractivity contribution in [1.29, 1.82) is 0 Å². The molecule has 2 atom stereocenters. The molecular formula is C17H28N4O2. The quantitative estimate of drug-likeness (QED) is 0.912. The number of likely N-dealkylation sites (tertiary alicyclic amines) is 2. The number of β-amino-alcohol motifs (C(OH)–C–C–N with tert-alkyl or cyclic N) is 1. The third kappa shape index (κ3) is 3.44. The van der Waals surface area contributed by atoms with Crippen LogP contribution in [-0.4, -0.2) is 63.4 Å². The number of hydrogen-bond acceptors (Lipinski definition) is 6. The number of aliphatic hydroxyl groups excluding tert-OH is 1. The van der Waals surface area contributed by atoms with Gasteiger partial charge in [-0.2, -0.15) is 4.98 Å². The average molecular weight is 320 g/mol. The molecule has 1 aromatic heterocycles. The van der Waals surface area contributed by atoms with Crippen molar-refractivity contribution in [2.75, 3.05) is 26.2 Å². The van der Waals surface area contributed by atoms with Crippen molar-refractivity contribution in [1.82, 2.24) is 19.9 Å². The van der Waals surface area contributed by atoms with Gasteiger partial charge in [0.25, 0.3) is 0 Å². The van der Waals surface area contributed by atoms with Gasteiger partial charge < -0.3 is 9.63 Å². The van der Waals surface area contributed by atoms with Crippen LogP contribution in [0.2, 0.25) is 0 Å². The Hall–Kier alpha value is -0.980. The molecule has 6 nitrogen and oxygen atoms in total. The standard InChI is InChI=1S/C17H28N4O2/c22-15-11-20(10-14(15)21-8-4-1-5-9-21)12-16-18-17(23-19-16)13-6-2-3-7-13/h13-15,22H,1-12H2. The number of hydrogen-bond donors (Lipinski definition) is 1. The van der Waals surface area contributed by atoms with Gasteiger partial charge in [0, 0.05) is 25.0 Å². The molecule has 3 heterocycles. The van der Waals surface area contributed by atoms with Crippen molar-refractivity contribution in [3.8, 4) is 0 Å². The van der Waals surface area contributed by atoms with Gasteiger partial charge in [-0.05, 0) is 38.8 Å². The van der Waals surface area contributed by atoms with E-state index < -0.39 is 0 Å². The highest BCUT2D eigenvalue weighted by Gasteiger charge is 2.36. The minimum Gasteiger partial charge on any atom is -0.390 e. The van der Waals surface area contributed by atoms with E-state index in [2.05, 4.69) is 19.9 Å². The third-order valence-corrected chi connectivity index (χ3v) is 5.75. The van der Waals surface area contributed by atoms with Crippen LogP contribution in [-0.2, 0) is 6.54 Å². The SMILES string of the molecule is OC1CN(Cc2noc(C3CCCC3)n2)CC1N1CCCCC1. The number of aliphatic hydroxyl groups is 1. The van der Waals surface area contributed by atoms with Crippen LogP contribution >= 0.6 is 0 Å². The molecule has 1 aromatic rings. The Morgan fingerprint density at radius 3 is 2.61 bits per heavy atom. The van der Waals surface area contributed by atoms with Crippen molar-refractivity contribution in [2.24, 2.45) is 0 Å². The molecule has 1 saturated carbocycles. The Morgan fingerprint density at radius 2 is 1.83 bits per heavy atom. The van der Waals surface area contributed by atoms with Gasteiger partial charge >= 0.3 is 0 Å². The molecule has 2 unspecified atom stereocenters. The van der Waals surface area contributed by atoms with E-state index in [4.69, 9.17) is 4.52 Å². The van der Waals surface area contributed by atoms with Gasteiger partial charge in [0.05, 0.1) is 12.6 Å². The maximum Gasteiger partial charge on any atom is 0.229 e. The molecule has 0 radical (unpaired) electrons. The van der Waals surface area contributed by atoms with Gasteiger partial charge in [-0.25, -0.2) is 0 Å². The maximum absolute atomic E-state index is 10.4. The van der Waals surface area contributed by atoms with E-state index in [1.165, 1.54) is 44.9 Å². The maximum atomic E-state index is 10.4. The fourth-order valence-corrected chi connectivity index (χ4v) is 4.46. The molecule has 1 aliphatic carbocycles. The monoisotopic (exact) mass is 320 g/mol. The van der Waals surface area contributed by atoms with Crippen LogP contribution in [0.15, 0.2) is 4.52 Å². The van der Waals surface area contributed by atoms with Gasteiger partial charge in [-0.1, -0.05) is 24.4 Å². The zero-order valence-corrected chi connectivity index (χ0v) is 13.9. The van der Waals surface area contributed by atoms with Gasteiger partial charge in [0.2, 0.25) is 5.89 Å². The summed E-state index contributed by atoms with van der Waals surface area (Å²) in [5.74, 6) is 2.07. The van der Waals surface area contributed by atoms with Crippen LogP contribution < -0.4 is 0 Å². The van der Waals surface area contributed by atoms with Crippen LogP contribution in [0.4, 0.5) is 0 Å². The fourth-order valence-electron chi connectivity index (χ4n) is 4.46. The lowest BCUT2D eigenvalue weighted by molar-refractivity contribution is 0.0706. The Morgan fingerprint density at radius 1 is 1.04 bits per heavy atom. The topological polar surface area (TPSA) is 65.6 Å². The normalized spacial score (nSPS) is 31.2. The predicted octanol–water partition coefficient (Wildman–Crippen LogP) is 1.76. The van der Waals surface area contributed by atoms with Crippen molar-refractivity contribution in [2.45, 2.75) is 69.6 Å². The molecule has 2 saturated heterocycles. The first-order chi connectivity index (χ1) is 11.3. The Labute approximate surface area is 137 Å². The summed E-state index contributed by atoms with van der Waals surface area (Å²) >= 11 is 0. The summed E-state index contributed by atoms with van der Waals surface area (Å²) in [4.78, 5) is 9.34. The second kappa shape index (κ2) is 6.87. The third-order valence-electron chi connectivity index (χ3n) is 5.75. The molecule has 23 heavy (non-hydrogen) atoms. The van der Waals surface area contributed by atoms with E-state index in [1.54, 1.807) is 0 Å². The van der Waals surface area contributed by atoms with Crippen LogP contribution in [0.25, 0.3) is 0 Å². The molecule has 128 valence electrons. The zero-order chi connectivity index (χ0) is 15.6. The van der Waals surface area contributed by atoms with Crippen LogP contribution in [0.5, 0.6) is 0 Å². The smallest absolute Gasteiger partial charge is 0.229 e. The van der Waals surface area contributed by atoms with E-state index in [1.807, 2.05) is 0 Å². The van der Waals surface area contributed by atoms with Crippen molar-refractivity contribution < 1.29 is 9.63 Å². The Balaban J connectivity index is 1.34. The minimum absolute atomic E-state index is 0.255. The molecule has 0 bridgehead atoms. The molecule has 0 amide bonds. The van der Waals surface area contributed by atoms with E-state index in [9.17, 15) is 5.11 Å². The summed E-state index contributed by atoms with van der Waals surface area (Å²) in [5.41, 5.74) is 0. The summed E-state index contributed by atoms with van der Waals surface area (Å²) in [6, 6.07) is 0.275. The van der Waals surface area contributed by atoms with Crippen LogP contribution in [0, 0.1) is 0 Å². The van der Waals surface area contributed by atoms with Crippen molar-refractivity contribution in [3.63, 3.8) is 0 Å². The van der Waals surface area contributed by atoms with E-state index in [0.717, 1.165) is 31.3 Å². The van der Waals surface area contributed by atoms with Gasteiger partial charge in [0.15, 0.2) is 5.82 Å². The Bertz CT molecular complexity index is 508. The van der Waals surface area contributed by atoms with E-state index in [0.29, 0.717) is 19.0 Å². The molecule has 0 aromatic carbocycles. The lowest BCUT2D eigenvalue weighted by Gasteiger charge is -2.33. The first-order valence-corrected chi connectivity index (χ1v) is 9.26. The second-order valence-electron chi connectivity index (χ2n) is 7.46. The molecule has 3 aliphatic rings. The molecule has 3 fully saturated rings. The molecular weight excluding hydrogens is 292 g/mol. The lowest BCUT2D eigenvalue weighted by atomic mass is 10.1. The predicted molar refractivity (Wildman–Crippen MR) is 86.0 cm³/mol. The van der Waals surface area contributed by atoms with E-state index >= 15 is 0 Å². The van der Waals surface area contributed by atoms with Gasteiger partial charge in [0.1, 0.15) is 0 Å². The molecule has 0 spiro atoms. The highest BCUT2D eigenvalue weighted by atomic mass is 16.5. The summed E-state index contributed by atoms with van der Waals surface area (Å²) in [6.07, 6.45) is 8.51. The van der Waals surface area contributed by atoms with E-state index in [-0.39, 0.29) is 12.1 Å². The number of rotatable bonds is 4. The lowest BCUT2D eigenvalue weighted by Crippen LogP contribution is -2.45. The van der Waals surface area contributed by atoms with Gasteiger partial charge in [-0.15, -0.1) is 0 Å². The number of nitrogens with zero attached hydrogens (tertiary/aromatic N) is 4. The molecule has 2 aliphatic heterocycles. The summed E-state index contributed by atoms with van der Waals surface area (Å²) in [7, 11) is 0. The highest BCUT2D eigenvalue weighted by molar-refractivity contribution is 4.98. The summed E-state index contributed by atoms with van der Waals surface area (Å²) < 4.78 is 5.47. The first-order valence-electron chi connectivity index (χ1n) is 9.26. The number of aromatic nitrogens is 2. The van der Waals surface area contributed by atoms with Gasteiger partial charge in [-0.3, -0.25) is 9.80 Å². The molecule has 6 heteroatoms. The number of piperidine rings is 1. The second-order valence-corrected chi connectivity index (χ2v) is 7.46. The average Bonchev–Trinajstić information content (AvgIpc) is 3.29. The minimum atomic E-state index is -0.255. The van der Waals surface area contributed by atoms with Crippen LogP contribution in [0.1, 0.15) is 62.6 Å². The summed E-state index contributed by atoms with van der Waals surface area (Å²) in [5, 5.41) is 14.6. The fraction of sp³-hybridized carbons (Fsp3) is 0.882. The summed E-state index contributed by atoms with van der Waals surface area (Å²) in [6.45, 7) is 4.58. The molecule has 1 N–H and O–H groups in total. The first kappa shape index (κ1) is 15.5. The van der Waals surface area contributed by atoms with Crippen LogP contribution in [0.3, 0.4) is 0 Å².